The molecule has 0 atom stereocenters. The molecule has 1 aromatic carbocycles. The minimum absolute atomic E-state index is 0.119. The number of rotatable bonds is 10. The van der Waals surface area contributed by atoms with E-state index in [1.807, 2.05) is 0 Å². The zero-order chi connectivity index (χ0) is 24.4. The molecule has 3 rings (SSSR count). The van der Waals surface area contributed by atoms with Gasteiger partial charge in [0.25, 0.3) is 5.91 Å². The van der Waals surface area contributed by atoms with Crippen LogP contribution in [0.5, 0.6) is 5.75 Å². The van der Waals surface area contributed by atoms with Gasteiger partial charge in [-0.25, -0.2) is 0 Å². The molecule has 1 heterocycles. The van der Waals surface area contributed by atoms with Crippen molar-refractivity contribution in [2.45, 2.75) is 63.8 Å². The molecule has 0 bridgehead atoms. The molecule has 10 heteroatoms. The van der Waals surface area contributed by atoms with Crippen molar-refractivity contribution in [3.8, 4) is 5.75 Å². The quantitative estimate of drug-likeness (QED) is 0.357. The zero-order valence-electron chi connectivity index (χ0n) is 19.8. The monoisotopic (exact) mass is 471 g/mol. The predicted octanol–water partition coefficient (Wildman–Crippen LogP) is 2.24. The van der Waals surface area contributed by atoms with Crippen LogP contribution in [0.15, 0.2) is 28.8 Å². The molecule has 3 N–H and O–H groups in total. The molecule has 184 valence electrons. The molecule has 1 aromatic heterocycles. The summed E-state index contributed by atoms with van der Waals surface area (Å²) in [5.41, 5.74) is -0.0842. The zero-order valence-corrected chi connectivity index (χ0v) is 19.8. The molecular formula is C24H33N5O5. The summed E-state index contributed by atoms with van der Waals surface area (Å²) in [5.74, 6) is 1.02. The Hall–Kier alpha value is -3.43. The molecule has 0 spiro atoms. The van der Waals surface area contributed by atoms with Gasteiger partial charge in [-0.15, -0.1) is 0 Å². The average Bonchev–Trinajstić information content (AvgIpc) is 3.20. The SMILES string of the molecule is COc1ccc(C(=O)NCCNC(=O)CCc2nc(C3(NC(C)=O)CCCCCC3)no2)cc1. The third kappa shape index (κ3) is 7.03. The number of aromatic nitrogens is 2. The standard InChI is InChI=1S/C24H33N5O5/c1-17(30)28-24(13-5-3-4-6-14-24)23-27-21(34-29-23)12-11-20(31)25-15-16-26-22(32)18-7-9-19(33-2)10-8-18/h7-10H,3-6,11-16H2,1-2H3,(H,25,31)(H,26,32)(H,28,30). The summed E-state index contributed by atoms with van der Waals surface area (Å²) in [6, 6.07) is 6.79. The predicted molar refractivity (Wildman–Crippen MR) is 124 cm³/mol. The van der Waals surface area contributed by atoms with Gasteiger partial charge in [-0.2, -0.15) is 4.98 Å². The lowest BCUT2D eigenvalue weighted by Gasteiger charge is -2.30. The molecule has 1 saturated carbocycles. The van der Waals surface area contributed by atoms with E-state index in [9.17, 15) is 14.4 Å². The minimum Gasteiger partial charge on any atom is -0.497 e. The fraction of sp³-hybridized carbons (Fsp3) is 0.542. The molecule has 1 aliphatic carbocycles. The van der Waals surface area contributed by atoms with Gasteiger partial charge in [-0.3, -0.25) is 14.4 Å². The summed E-state index contributed by atoms with van der Waals surface area (Å²) < 4.78 is 10.5. The van der Waals surface area contributed by atoms with Crippen molar-refractivity contribution in [1.82, 2.24) is 26.1 Å². The number of hydrogen-bond donors (Lipinski definition) is 3. The second kappa shape index (κ2) is 12.2. The van der Waals surface area contributed by atoms with Gasteiger partial charge in [-0.05, 0) is 37.1 Å². The highest BCUT2D eigenvalue weighted by atomic mass is 16.5. The van der Waals surface area contributed by atoms with Crippen molar-refractivity contribution in [3.05, 3.63) is 41.5 Å². The molecule has 1 fully saturated rings. The van der Waals surface area contributed by atoms with Crippen molar-refractivity contribution in [3.63, 3.8) is 0 Å². The van der Waals surface area contributed by atoms with Gasteiger partial charge < -0.3 is 25.2 Å². The molecule has 0 aliphatic heterocycles. The summed E-state index contributed by atoms with van der Waals surface area (Å²) in [6.07, 6.45) is 6.24. The summed E-state index contributed by atoms with van der Waals surface area (Å²) >= 11 is 0. The fourth-order valence-corrected chi connectivity index (χ4v) is 4.16. The van der Waals surface area contributed by atoms with E-state index in [1.165, 1.54) is 6.92 Å². The van der Waals surface area contributed by atoms with Gasteiger partial charge >= 0.3 is 0 Å². The van der Waals surface area contributed by atoms with Gasteiger partial charge in [0.15, 0.2) is 5.82 Å². The number of amides is 3. The van der Waals surface area contributed by atoms with E-state index in [-0.39, 0.29) is 24.1 Å². The molecule has 0 radical (unpaired) electrons. The second-order valence-corrected chi connectivity index (χ2v) is 8.52. The normalized spacial score (nSPS) is 15.1. The van der Waals surface area contributed by atoms with Crippen LogP contribution in [0.2, 0.25) is 0 Å². The number of carbonyl (C=O) groups excluding carboxylic acids is 3. The number of ether oxygens (including phenoxy) is 1. The summed E-state index contributed by atoms with van der Waals surface area (Å²) in [6.45, 7) is 2.11. The van der Waals surface area contributed by atoms with Crippen LogP contribution in [0.1, 0.15) is 73.9 Å². The Morgan fingerprint density at radius 2 is 1.71 bits per heavy atom. The van der Waals surface area contributed by atoms with Crippen LogP contribution in [0.25, 0.3) is 0 Å². The number of carbonyl (C=O) groups is 3. The smallest absolute Gasteiger partial charge is 0.251 e. The lowest BCUT2D eigenvalue weighted by atomic mass is 9.89. The molecular weight excluding hydrogens is 438 g/mol. The third-order valence-electron chi connectivity index (χ3n) is 5.92. The van der Waals surface area contributed by atoms with Crippen LogP contribution in [0.4, 0.5) is 0 Å². The molecule has 2 aromatic rings. The Labute approximate surface area is 199 Å². The Morgan fingerprint density at radius 1 is 1.03 bits per heavy atom. The van der Waals surface area contributed by atoms with Gasteiger partial charge in [0.1, 0.15) is 11.3 Å². The van der Waals surface area contributed by atoms with Crippen molar-refractivity contribution in [2.24, 2.45) is 0 Å². The molecule has 0 saturated heterocycles. The van der Waals surface area contributed by atoms with Crippen LogP contribution >= 0.6 is 0 Å². The molecule has 0 unspecified atom stereocenters. The topological polar surface area (TPSA) is 135 Å². The minimum atomic E-state index is -0.603. The average molecular weight is 472 g/mol. The lowest BCUT2D eigenvalue weighted by molar-refractivity contribution is -0.122. The molecule has 3 amide bonds. The summed E-state index contributed by atoms with van der Waals surface area (Å²) in [7, 11) is 1.56. The van der Waals surface area contributed by atoms with Crippen LogP contribution in [-0.4, -0.2) is 48.1 Å². The van der Waals surface area contributed by atoms with Crippen LogP contribution in [-0.2, 0) is 21.5 Å². The Bertz CT molecular complexity index is 964. The number of hydrogen-bond acceptors (Lipinski definition) is 7. The van der Waals surface area contributed by atoms with Crippen molar-refractivity contribution in [2.75, 3.05) is 20.2 Å². The van der Waals surface area contributed by atoms with E-state index in [0.29, 0.717) is 42.5 Å². The van der Waals surface area contributed by atoms with E-state index in [2.05, 4.69) is 26.1 Å². The van der Waals surface area contributed by atoms with Crippen molar-refractivity contribution < 1.29 is 23.6 Å². The number of nitrogens with one attached hydrogen (secondary N) is 3. The van der Waals surface area contributed by atoms with Crippen LogP contribution < -0.4 is 20.7 Å². The summed E-state index contributed by atoms with van der Waals surface area (Å²) in [4.78, 5) is 40.6. The van der Waals surface area contributed by atoms with Gasteiger partial charge in [-0.1, -0.05) is 30.8 Å². The second-order valence-electron chi connectivity index (χ2n) is 8.52. The van der Waals surface area contributed by atoms with E-state index < -0.39 is 5.54 Å². The van der Waals surface area contributed by atoms with Gasteiger partial charge in [0.05, 0.1) is 7.11 Å². The van der Waals surface area contributed by atoms with E-state index in [1.54, 1.807) is 31.4 Å². The number of methoxy groups -OCH3 is 1. The van der Waals surface area contributed by atoms with Crippen molar-refractivity contribution >= 4 is 17.7 Å². The maximum absolute atomic E-state index is 12.2. The number of nitrogens with zero attached hydrogens (tertiary/aromatic N) is 2. The first-order valence-corrected chi connectivity index (χ1v) is 11.7. The van der Waals surface area contributed by atoms with E-state index in [0.717, 1.165) is 38.5 Å². The first kappa shape index (κ1) is 25.2. The van der Waals surface area contributed by atoms with Gasteiger partial charge in [0, 0.05) is 38.4 Å². The highest BCUT2D eigenvalue weighted by molar-refractivity contribution is 5.94. The Morgan fingerprint density at radius 3 is 2.35 bits per heavy atom. The molecule has 10 nitrogen and oxygen atoms in total. The maximum atomic E-state index is 12.2. The third-order valence-corrected chi connectivity index (χ3v) is 5.92. The molecule has 1 aliphatic rings. The summed E-state index contributed by atoms with van der Waals surface area (Å²) in [5, 5.41) is 12.7. The van der Waals surface area contributed by atoms with Gasteiger partial charge in [0.2, 0.25) is 17.7 Å². The maximum Gasteiger partial charge on any atom is 0.251 e. The Balaban J connectivity index is 1.42. The lowest BCUT2D eigenvalue weighted by Crippen LogP contribution is -2.45. The number of aryl methyl sites for hydroxylation is 1. The highest BCUT2D eigenvalue weighted by Crippen LogP contribution is 2.34. The first-order valence-electron chi connectivity index (χ1n) is 11.7. The van der Waals surface area contributed by atoms with E-state index >= 15 is 0 Å². The number of benzene rings is 1. The molecule has 34 heavy (non-hydrogen) atoms. The first-order chi connectivity index (χ1) is 16.4. The van der Waals surface area contributed by atoms with Crippen LogP contribution in [0, 0.1) is 0 Å². The highest BCUT2D eigenvalue weighted by Gasteiger charge is 2.38. The Kier molecular flexibility index (Phi) is 9.00. The largest absolute Gasteiger partial charge is 0.497 e. The van der Waals surface area contributed by atoms with Crippen molar-refractivity contribution in [1.29, 1.82) is 0 Å². The fourth-order valence-electron chi connectivity index (χ4n) is 4.16. The van der Waals surface area contributed by atoms with Crippen LogP contribution in [0.3, 0.4) is 0 Å². The van der Waals surface area contributed by atoms with E-state index in [4.69, 9.17) is 9.26 Å².